The number of hydrogen-bond donors (Lipinski definition) is 0. The maximum Gasteiger partial charge on any atom is 0.219 e. The summed E-state index contributed by atoms with van der Waals surface area (Å²) >= 11 is 0. The highest BCUT2D eigenvalue weighted by Gasteiger charge is 2.36. The van der Waals surface area contributed by atoms with Gasteiger partial charge in [-0.25, -0.2) is 0 Å². The van der Waals surface area contributed by atoms with Gasteiger partial charge in [0.05, 0.1) is 0 Å². The van der Waals surface area contributed by atoms with Crippen LogP contribution < -0.4 is 0 Å². The van der Waals surface area contributed by atoms with Crippen molar-refractivity contribution in [2.75, 3.05) is 26.7 Å². The third-order valence-corrected chi connectivity index (χ3v) is 3.62. The number of likely N-dealkylation sites (N-methyl/N-ethyl adjacent to an activating group) is 1. The normalized spacial score (nSPS) is 37.5. The second kappa shape index (κ2) is 3.29. The second-order valence-electron chi connectivity index (χ2n) is 4.34. The van der Waals surface area contributed by atoms with Crippen LogP contribution >= 0.6 is 0 Å². The summed E-state index contributed by atoms with van der Waals surface area (Å²) in [5, 5.41) is 0. The fourth-order valence-corrected chi connectivity index (χ4v) is 2.61. The number of carbonyl (C=O) groups excluding carboxylic acids is 1. The number of nitrogens with zero attached hydrogens (tertiary/aromatic N) is 2. The van der Waals surface area contributed by atoms with E-state index in [4.69, 9.17) is 0 Å². The van der Waals surface area contributed by atoms with E-state index in [1.54, 1.807) is 6.92 Å². The molecule has 1 atom stereocenters. The molecule has 2 bridgehead atoms. The Morgan fingerprint density at radius 2 is 2.00 bits per heavy atom. The Bertz CT molecular complexity index is 209. The van der Waals surface area contributed by atoms with Crippen LogP contribution in [0.25, 0.3) is 0 Å². The lowest BCUT2D eigenvalue weighted by molar-refractivity contribution is -0.133. The van der Waals surface area contributed by atoms with Crippen molar-refractivity contribution in [3.63, 3.8) is 0 Å². The van der Waals surface area contributed by atoms with Gasteiger partial charge in [0.2, 0.25) is 5.91 Å². The van der Waals surface area contributed by atoms with Gasteiger partial charge < -0.3 is 9.80 Å². The maximum absolute atomic E-state index is 11.2. The minimum atomic E-state index is 0.207. The van der Waals surface area contributed by atoms with E-state index in [1.807, 2.05) is 11.9 Å². The summed E-state index contributed by atoms with van der Waals surface area (Å²) < 4.78 is 0. The molecule has 0 aliphatic carbocycles. The van der Waals surface area contributed by atoms with Crippen LogP contribution in [0.1, 0.15) is 19.8 Å². The molecule has 3 saturated heterocycles. The Labute approximate surface area is 79.7 Å². The van der Waals surface area contributed by atoms with Gasteiger partial charge in [-0.2, -0.15) is 0 Å². The molecule has 74 valence electrons. The van der Waals surface area contributed by atoms with E-state index >= 15 is 0 Å². The maximum atomic E-state index is 11.2. The van der Waals surface area contributed by atoms with Crippen LogP contribution in [0.5, 0.6) is 0 Å². The lowest BCUT2D eigenvalue weighted by Gasteiger charge is -2.47. The molecule has 0 radical (unpaired) electrons. The first kappa shape index (κ1) is 9.00. The van der Waals surface area contributed by atoms with Crippen molar-refractivity contribution in [2.24, 2.45) is 5.92 Å². The monoisotopic (exact) mass is 182 g/mol. The van der Waals surface area contributed by atoms with E-state index in [2.05, 4.69) is 4.90 Å². The Kier molecular flexibility index (Phi) is 2.28. The van der Waals surface area contributed by atoms with Gasteiger partial charge in [0, 0.05) is 26.6 Å². The fraction of sp³-hybridized carbons (Fsp3) is 0.900. The molecule has 3 nitrogen and oxygen atoms in total. The van der Waals surface area contributed by atoms with Crippen molar-refractivity contribution >= 4 is 5.91 Å². The van der Waals surface area contributed by atoms with Crippen molar-refractivity contribution in [2.45, 2.75) is 25.8 Å². The smallest absolute Gasteiger partial charge is 0.219 e. The average molecular weight is 182 g/mol. The van der Waals surface area contributed by atoms with Crippen LogP contribution in [0.4, 0.5) is 0 Å². The van der Waals surface area contributed by atoms with Gasteiger partial charge in [-0.3, -0.25) is 4.79 Å². The van der Waals surface area contributed by atoms with Crippen LogP contribution in [0.2, 0.25) is 0 Å². The molecular weight excluding hydrogens is 164 g/mol. The summed E-state index contributed by atoms with van der Waals surface area (Å²) in [4.78, 5) is 15.6. The Morgan fingerprint density at radius 3 is 2.38 bits per heavy atom. The van der Waals surface area contributed by atoms with E-state index in [-0.39, 0.29) is 5.91 Å². The number of piperidine rings is 3. The third-order valence-electron chi connectivity index (χ3n) is 3.62. The molecule has 13 heavy (non-hydrogen) atoms. The van der Waals surface area contributed by atoms with Crippen LogP contribution in [-0.4, -0.2) is 48.4 Å². The highest BCUT2D eigenvalue weighted by atomic mass is 16.2. The van der Waals surface area contributed by atoms with E-state index in [0.717, 1.165) is 12.5 Å². The predicted molar refractivity (Wildman–Crippen MR) is 51.4 cm³/mol. The molecule has 1 amide bonds. The standard InChI is InChI=1S/C10H18N2O/c1-8(13)11(2)10-7-12-5-3-9(10)4-6-12/h9-10H,3-7H2,1-2H3. The molecule has 0 aromatic rings. The first-order chi connectivity index (χ1) is 6.18. The molecule has 3 fully saturated rings. The number of rotatable bonds is 1. The van der Waals surface area contributed by atoms with Gasteiger partial charge in [0.1, 0.15) is 0 Å². The molecule has 3 heteroatoms. The SMILES string of the molecule is CC(=O)N(C)C1CN2CCC1CC2. The fourth-order valence-electron chi connectivity index (χ4n) is 2.61. The highest BCUT2D eigenvalue weighted by molar-refractivity contribution is 5.73. The summed E-state index contributed by atoms with van der Waals surface area (Å²) in [5.41, 5.74) is 0. The van der Waals surface area contributed by atoms with Crippen molar-refractivity contribution in [3.05, 3.63) is 0 Å². The van der Waals surface area contributed by atoms with E-state index in [9.17, 15) is 4.79 Å². The topological polar surface area (TPSA) is 23.6 Å². The minimum absolute atomic E-state index is 0.207. The van der Waals surface area contributed by atoms with Gasteiger partial charge in [-0.05, 0) is 31.8 Å². The van der Waals surface area contributed by atoms with Crippen molar-refractivity contribution < 1.29 is 4.79 Å². The van der Waals surface area contributed by atoms with E-state index < -0.39 is 0 Å². The van der Waals surface area contributed by atoms with Gasteiger partial charge in [-0.15, -0.1) is 0 Å². The van der Waals surface area contributed by atoms with Crippen molar-refractivity contribution in [1.82, 2.24) is 9.80 Å². The summed E-state index contributed by atoms with van der Waals surface area (Å²) in [6, 6.07) is 0.486. The molecule has 0 aromatic heterocycles. The number of amides is 1. The molecule has 0 spiro atoms. The number of carbonyl (C=O) groups is 1. The van der Waals surface area contributed by atoms with Crippen molar-refractivity contribution in [1.29, 1.82) is 0 Å². The van der Waals surface area contributed by atoms with Crippen LogP contribution in [0.15, 0.2) is 0 Å². The minimum Gasteiger partial charge on any atom is -0.341 e. The van der Waals surface area contributed by atoms with Gasteiger partial charge in [0.25, 0.3) is 0 Å². The van der Waals surface area contributed by atoms with Crippen LogP contribution in [0, 0.1) is 5.92 Å². The predicted octanol–water partition coefficient (Wildman–Crippen LogP) is 0.559. The van der Waals surface area contributed by atoms with Crippen LogP contribution in [-0.2, 0) is 4.79 Å². The molecule has 0 N–H and O–H groups in total. The summed E-state index contributed by atoms with van der Waals surface area (Å²) in [7, 11) is 1.94. The molecule has 0 saturated carbocycles. The van der Waals surface area contributed by atoms with Gasteiger partial charge in [0.15, 0.2) is 0 Å². The summed E-state index contributed by atoms with van der Waals surface area (Å²) in [5.74, 6) is 0.970. The first-order valence-electron chi connectivity index (χ1n) is 5.14. The Morgan fingerprint density at radius 1 is 1.38 bits per heavy atom. The Balaban J connectivity index is 2.04. The van der Waals surface area contributed by atoms with Gasteiger partial charge >= 0.3 is 0 Å². The van der Waals surface area contributed by atoms with Crippen LogP contribution in [0.3, 0.4) is 0 Å². The zero-order valence-electron chi connectivity index (χ0n) is 8.49. The lowest BCUT2D eigenvalue weighted by Crippen LogP contribution is -2.57. The molecule has 3 heterocycles. The largest absolute Gasteiger partial charge is 0.341 e. The Hall–Kier alpha value is -0.570. The number of hydrogen-bond acceptors (Lipinski definition) is 2. The molecular formula is C10H18N2O. The molecule has 0 aromatic carbocycles. The third kappa shape index (κ3) is 1.57. The highest BCUT2D eigenvalue weighted by Crippen LogP contribution is 2.30. The average Bonchev–Trinajstić information content (AvgIpc) is 2.18. The summed E-state index contributed by atoms with van der Waals surface area (Å²) in [6.07, 6.45) is 2.56. The zero-order valence-corrected chi connectivity index (χ0v) is 8.49. The van der Waals surface area contributed by atoms with E-state index in [1.165, 1.54) is 25.9 Å². The first-order valence-corrected chi connectivity index (χ1v) is 5.14. The molecule has 3 rings (SSSR count). The zero-order chi connectivity index (χ0) is 9.42. The molecule has 1 unspecified atom stereocenters. The van der Waals surface area contributed by atoms with Crippen molar-refractivity contribution in [3.8, 4) is 0 Å². The lowest BCUT2D eigenvalue weighted by atomic mass is 9.83. The molecule has 3 aliphatic heterocycles. The van der Waals surface area contributed by atoms with E-state index in [0.29, 0.717) is 6.04 Å². The molecule has 3 aliphatic rings. The summed E-state index contributed by atoms with van der Waals surface area (Å²) in [6.45, 7) is 5.25. The van der Waals surface area contributed by atoms with Gasteiger partial charge in [-0.1, -0.05) is 0 Å². The number of fused-ring (bicyclic) bond motifs is 3. The quantitative estimate of drug-likeness (QED) is 0.591. The second-order valence-corrected chi connectivity index (χ2v) is 4.34.